The average Bonchev–Trinajstić information content (AvgIpc) is 2.74. The van der Waals surface area contributed by atoms with Gasteiger partial charge in [-0.05, 0) is 47.9 Å². The second-order valence-electron chi connectivity index (χ2n) is 6.10. The van der Waals surface area contributed by atoms with E-state index in [0.29, 0.717) is 19.0 Å². The molecule has 3 aromatic rings. The number of nitrogens with zero attached hydrogens (tertiary/aromatic N) is 2. The van der Waals surface area contributed by atoms with Crippen molar-refractivity contribution in [1.82, 2.24) is 15.3 Å². The van der Waals surface area contributed by atoms with E-state index in [1.807, 2.05) is 24.3 Å². The van der Waals surface area contributed by atoms with Gasteiger partial charge in [-0.2, -0.15) is 0 Å². The predicted octanol–water partition coefficient (Wildman–Crippen LogP) is 3.21. The Balaban J connectivity index is 1.50. The summed E-state index contributed by atoms with van der Waals surface area (Å²) in [5.41, 5.74) is 2.23. The highest BCUT2D eigenvalue weighted by atomic mass is 19.1. The summed E-state index contributed by atoms with van der Waals surface area (Å²) < 4.78 is 18.1. The molecule has 28 heavy (non-hydrogen) atoms. The van der Waals surface area contributed by atoms with Crippen molar-refractivity contribution in [2.75, 3.05) is 19.0 Å². The minimum atomic E-state index is -0.315. The molecule has 0 radical (unpaired) electrons. The van der Waals surface area contributed by atoms with Crippen LogP contribution in [0, 0.1) is 5.82 Å². The third-order valence-electron chi connectivity index (χ3n) is 4.11. The number of nitrogens with one attached hydrogen (secondary N) is 2. The van der Waals surface area contributed by atoms with E-state index in [1.165, 1.54) is 18.3 Å². The molecule has 7 heteroatoms. The van der Waals surface area contributed by atoms with Crippen molar-refractivity contribution in [2.45, 2.75) is 13.0 Å². The number of methoxy groups -OCH3 is 1. The second kappa shape index (κ2) is 9.45. The Morgan fingerprint density at radius 3 is 2.46 bits per heavy atom. The van der Waals surface area contributed by atoms with E-state index in [-0.39, 0.29) is 17.4 Å². The summed E-state index contributed by atoms with van der Waals surface area (Å²) in [6, 6.07) is 15.4. The smallest absolute Gasteiger partial charge is 0.270 e. The molecule has 0 aliphatic carbocycles. The van der Waals surface area contributed by atoms with Gasteiger partial charge in [0.05, 0.1) is 7.11 Å². The van der Waals surface area contributed by atoms with Crippen LogP contribution >= 0.6 is 0 Å². The van der Waals surface area contributed by atoms with Gasteiger partial charge in [-0.25, -0.2) is 14.4 Å². The molecule has 0 bridgehead atoms. The number of amides is 1. The van der Waals surface area contributed by atoms with Crippen molar-refractivity contribution in [1.29, 1.82) is 0 Å². The number of ether oxygens (including phenoxy) is 1. The van der Waals surface area contributed by atoms with Crippen LogP contribution in [0.4, 0.5) is 10.3 Å². The lowest BCUT2D eigenvalue weighted by molar-refractivity contribution is 0.0946. The molecule has 0 aliphatic heterocycles. The fraction of sp³-hybridized carbons (Fsp3) is 0.190. The van der Waals surface area contributed by atoms with Crippen LogP contribution in [0.15, 0.2) is 60.8 Å². The zero-order valence-electron chi connectivity index (χ0n) is 15.5. The van der Waals surface area contributed by atoms with Crippen molar-refractivity contribution >= 4 is 11.9 Å². The largest absolute Gasteiger partial charge is 0.497 e. The maximum atomic E-state index is 12.9. The number of rotatable bonds is 8. The first-order valence-corrected chi connectivity index (χ1v) is 8.86. The van der Waals surface area contributed by atoms with E-state index in [0.717, 1.165) is 23.3 Å². The van der Waals surface area contributed by atoms with Crippen LogP contribution in [0.5, 0.6) is 5.75 Å². The van der Waals surface area contributed by atoms with Gasteiger partial charge in [0.15, 0.2) is 0 Å². The van der Waals surface area contributed by atoms with Gasteiger partial charge in [0.1, 0.15) is 17.3 Å². The van der Waals surface area contributed by atoms with E-state index in [4.69, 9.17) is 4.74 Å². The van der Waals surface area contributed by atoms with E-state index in [1.54, 1.807) is 25.3 Å². The van der Waals surface area contributed by atoms with Gasteiger partial charge in [0, 0.05) is 19.3 Å². The number of hydrogen-bond acceptors (Lipinski definition) is 5. The Morgan fingerprint density at radius 1 is 1.04 bits per heavy atom. The van der Waals surface area contributed by atoms with Crippen LogP contribution in [-0.2, 0) is 13.0 Å². The van der Waals surface area contributed by atoms with Crippen LogP contribution in [0.1, 0.15) is 21.6 Å². The molecular weight excluding hydrogens is 359 g/mol. The second-order valence-corrected chi connectivity index (χ2v) is 6.10. The first kappa shape index (κ1) is 19.3. The normalized spacial score (nSPS) is 10.4. The Labute approximate surface area is 162 Å². The lowest BCUT2D eigenvalue weighted by atomic mass is 10.1. The van der Waals surface area contributed by atoms with Gasteiger partial charge in [0.25, 0.3) is 5.91 Å². The van der Waals surface area contributed by atoms with Crippen molar-refractivity contribution < 1.29 is 13.9 Å². The molecule has 0 spiro atoms. The highest BCUT2D eigenvalue weighted by molar-refractivity contribution is 5.92. The molecule has 6 nitrogen and oxygen atoms in total. The molecule has 1 amide bonds. The van der Waals surface area contributed by atoms with Crippen molar-refractivity contribution in [3.8, 4) is 5.75 Å². The molecule has 144 valence electrons. The molecule has 1 aromatic heterocycles. The van der Waals surface area contributed by atoms with Crippen LogP contribution in [0.25, 0.3) is 0 Å². The quantitative estimate of drug-likeness (QED) is 0.628. The summed E-state index contributed by atoms with van der Waals surface area (Å²) in [4.78, 5) is 20.7. The predicted molar refractivity (Wildman–Crippen MR) is 105 cm³/mol. The zero-order chi connectivity index (χ0) is 19.8. The number of aromatic nitrogens is 2. The standard InChI is InChI=1S/C21H21FN4O2/c1-28-18-8-4-15(5-9-18)10-12-23-21-24-13-11-19(26-21)20(27)25-14-16-2-6-17(22)7-3-16/h2-9,11,13H,10,12,14H2,1H3,(H,25,27)(H,23,24,26). The van der Waals surface area contributed by atoms with Gasteiger partial charge in [0.2, 0.25) is 5.95 Å². The van der Waals surface area contributed by atoms with Gasteiger partial charge in [-0.15, -0.1) is 0 Å². The first-order valence-electron chi connectivity index (χ1n) is 8.86. The fourth-order valence-corrected chi connectivity index (χ4v) is 2.56. The molecule has 0 saturated heterocycles. The fourth-order valence-electron chi connectivity index (χ4n) is 2.56. The summed E-state index contributed by atoms with van der Waals surface area (Å²) in [6.07, 6.45) is 2.32. The van der Waals surface area contributed by atoms with Crippen molar-refractivity contribution in [3.05, 3.63) is 83.4 Å². The average molecular weight is 380 g/mol. The van der Waals surface area contributed by atoms with Gasteiger partial charge >= 0.3 is 0 Å². The topological polar surface area (TPSA) is 76.1 Å². The molecule has 0 saturated carbocycles. The molecule has 0 unspecified atom stereocenters. The molecule has 2 N–H and O–H groups in total. The molecule has 0 atom stereocenters. The van der Waals surface area contributed by atoms with Gasteiger partial charge in [-0.3, -0.25) is 4.79 Å². The number of hydrogen-bond donors (Lipinski definition) is 2. The minimum Gasteiger partial charge on any atom is -0.497 e. The van der Waals surface area contributed by atoms with Crippen LogP contribution in [-0.4, -0.2) is 29.5 Å². The SMILES string of the molecule is COc1ccc(CCNc2nccc(C(=O)NCc3ccc(F)cc3)n2)cc1. The minimum absolute atomic E-state index is 0.268. The third kappa shape index (κ3) is 5.51. The lowest BCUT2D eigenvalue weighted by Crippen LogP contribution is -2.24. The van der Waals surface area contributed by atoms with Crippen LogP contribution < -0.4 is 15.4 Å². The molecule has 3 rings (SSSR count). The lowest BCUT2D eigenvalue weighted by Gasteiger charge is -2.08. The summed E-state index contributed by atoms with van der Waals surface area (Å²) >= 11 is 0. The number of anilines is 1. The molecule has 2 aromatic carbocycles. The number of carbonyl (C=O) groups is 1. The molecule has 0 fully saturated rings. The Morgan fingerprint density at radius 2 is 1.75 bits per heavy atom. The van der Waals surface area contributed by atoms with E-state index in [2.05, 4.69) is 20.6 Å². The first-order chi connectivity index (χ1) is 13.6. The summed E-state index contributed by atoms with van der Waals surface area (Å²) in [6.45, 7) is 0.927. The Bertz CT molecular complexity index is 914. The highest BCUT2D eigenvalue weighted by Crippen LogP contribution is 2.12. The monoisotopic (exact) mass is 380 g/mol. The Kier molecular flexibility index (Phi) is 6.51. The van der Waals surface area contributed by atoms with Crippen molar-refractivity contribution in [3.63, 3.8) is 0 Å². The highest BCUT2D eigenvalue weighted by Gasteiger charge is 2.08. The van der Waals surface area contributed by atoms with E-state index < -0.39 is 0 Å². The van der Waals surface area contributed by atoms with Gasteiger partial charge in [-0.1, -0.05) is 24.3 Å². The van der Waals surface area contributed by atoms with Crippen LogP contribution in [0.3, 0.4) is 0 Å². The van der Waals surface area contributed by atoms with Gasteiger partial charge < -0.3 is 15.4 Å². The summed E-state index contributed by atoms with van der Waals surface area (Å²) in [5.74, 6) is 0.587. The maximum absolute atomic E-state index is 12.9. The molecule has 0 aliphatic rings. The number of carbonyl (C=O) groups excluding carboxylic acids is 1. The van der Waals surface area contributed by atoms with Crippen molar-refractivity contribution in [2.24, 2.45) is 0 Å². The summed E-state index contributed by atoms with van der Waals surface area (Å²) in [7, 11) is 1.64. The summed E-state index contributed by atoms with van der Waals surface area (Å²) in [5, 5.41) is 5.89. The maximum Gasteiger partial charge on any atom is 0.270 e. The third-order valence-corrected chi connectivity index (χ3v) is 4.11. The van der Waals surface area contributed by atoms with E-state index in [9.17, 15) is 9.18 Å². The van der Waals surface area contributed by atoms with Crippen LogP contribution in [0.2, 0.25) is 0 Å². The zero-order valence-corrected chi connectivity index (χ0v) is 15.5. The number of benzene rings is 2. The number of halogens is 1. The Hall–Kier alpha value is -3.48. The van der Waals surface area contributed by atoms with E-state index >= 15 is 0 Å². The molecule has 1 heterocycles. The molecular formula is C21H21FN4O2.